The molecule has 20 heavy (non-hydrogen) atoms. The number of hydrogen-bond acceptors (Lipinski definition) is 2. The molecule has 0 aliphatic carbocycles. The Morgan fingerprint density at radius 3 is 2.50 bits per heavy atom. The van der Waals surface area contributed by atoms with Crippen molar-refractivity contribution < 1.29 is 4.79 Å². The van der Waals surface area contributed by atoms with Gasteiger partial charge in [0.25, 0.3) is 0 Å². The SMILES string of the molecule is N[C@H]1C(=O)N(c2ccc(Br)cc2)[C@@H]1c1cccc(Cl)c1. The predicted molar refractivity (Wildman–Crippen MR) is 83.8 cm³/mol. The number of carbonyl (C=O) groups is 1. The van der Waals surface area contributed by atoms with Crippen LogP contribution in [0.1, 0.15) is 11.6 Å². The summed E-state index contributed by atoms with van der Waals surface area (Å²) in [6.45, 7) is 0. The third-order valence-electron chi connectivity index (χ3n) is 3.44. The molecule has 0 aromatic heterocycles. The Morgan fingerprint density at radius 1 is 1.15 bits per heavy atom. The molecule has 1 saturated heterocycles. The normalized spacial score (nSPS) is 21.8. The summed E-state index contributed by atoms with van der Waals surface area (Å²) < 4.78 is 0.970. The smallest absolute Gasteiger partial charge is 0.247 e. The van der Waals surface area contributed by atoms with Gasteiger partial charge in [-0.25, -0.2) is 0 Å². The molecule has 0 radical (unpaired) electrons. The molecule has 2 aromatic rings. The number of benzene rings is 2. The van der Waals surface area contributed by atoms with Crippen molar-refractivity contribution in [2.24, 2.45) is 5.73 Å². The fourth-order valence-corrected chi connectivity index (χ4v) is 2.91. The van der Waals surface area contributed by atoms with Crippen molar-refractivity contribution in [2.75, 3.05) is 4.90 Å². The largest absolute Gasteiger partial charge is 0.318 e. The van der Waals surface area contributed by atoms with Crippen LogP contribution in [0.3, 0.4) is 0 Å². The standard InChI is InChI=1S/C15H12BrClN2O/c16-10-4-6-12(7-5-10)19-14(13(18)15(19)20)9-2-1-3-11(17)8-9/h1-8,13-14H,18H2/t13-,14-/m1/s1. The monoisotopic (exact) mass is 350 g/mol. The lowest BCUT2D eigenvalue weighted by molar-refractivity contribution is -0.126. The van der Waals surface area contributed by atoms with Gasteiger partial charge in [0.1, 0.15) is 6.04 Å². The third-order valence-corrected chi connectivity index (χ3v) is 4.20. The van der Waals surface area contributed by atoms with Gasteiger partial charge in [0.15, 0.2) is 0 Å². The minimum atomic E-state index is -0.517. The minimum Gasteiger partial charge on any atom is -0.318 e. The molecule has 2 aromatic carbocycles. The number of nitrogens with zero attached hydrogens (tertiary/aromatic N) is 1. The lowest BCUT2D eigenvalue weighted by Crippen LogP contribution is -2.63. The molecule has 0 unspecified atom stereocenters. The van der Waals surface area contributed by atoms with Crippen molar-refractivity contribution in [3.8, 4) is 0 Å². The Balaban J connectivity index is 1.97. The Bertz CT molecular complexity index is 659. The zero-order valence-electron chi connectivity index (χ0n) is 10.5. The quantitative estimate of drug-likeness (QED) is 0.842. The molecule has 1 heterocycles. The average Bonchev–Trinajstić information content (AvgIpc) is 2.45. The van der Waals surface area contributed by atoms with E-state index in [9.17, 15) is 4.79 Å². The van der Waals surface area contributed by atoms with E-state index in [1.54, 1.807) is 11.0 Å². The third kappa shape index (κ3) is 2.24. The summed E-state index contributed by atoms with van der Waals surface area (Å²) in [7, 11) is 0. The zero-order valence-corrected chi connectivity index (χ0v) is 12.8. The molecular weight excluding hydrogens is 340 g/mol. The molecule has 2 N–H and O–H groups in total. The number of rotatable bonds is 2. The lowest BCUT2D eigenvalue weighted by Gasteiger charge is -2.45. The molecule has 1 aliphatic rings. The van der Waals surface area contributed by atoms with E-state index >= 15 is 0 Å². The topological polar surface area (TPSA) is 46.3 Å². The fourth-order valence-electron chi connectivity index (χ4n) is 2.45. The maximum absolute atomic E-state index is 12.1. The van der Waals surface area contributed by atoms with Crippen molar-refractivity contribution in [3.05, 3.63) is 63.6 Å². The van der Waals surface area contributed by atoms with E-state index in [1.807, 2.05) is 42.5 Å². The van der Waals surface area contributed by atoms with Crippen LogP contribution in [0.25, 0.3) is 0 Å². The second-order valence-corrected chi connectivity index (χ2v) is 6.06. The highest BCUT2D eigenvalue weighted by molar-refractivity contribution is 9.10. The molecule has 0 bridgehead atoms. The van der Waals surface area contributed by atoms with Gasteiger partial charge in [0, 0.05) is 15.2 Å². The number of anilines is 1. The summed E-state index contributed by atoms with van der Waals surface area (Å²) in [6, 6.07) is 14.4. The van der Waals surface area contributed by atoms with Crippen LogP contribution in [0.4, 0.5) is 5.69 Å². The van der Waals surface area contributed by atoms with Crippen LogP contribution in [-0.4, -0.2) is 11.9 Å². The molecule has 1 amide bonds. The van der Waals surface area contributed by atoms with Crippen molar-refractivity contribution >= 4 is 39.1 Å². The molecule has 5 heteroatoms. The van der Waals surface area contributed by atoms with Gasteiger partial charge in [-0.05, 0) is 42.0 Å². The van der Waals surface area contributed by atoms with Crippen LogP contribution in [0.15, 0.2) is 53.0 Å². The zero-order chi connectivity index (χ0) is 14.3. The van der Waals surface area contributed by atoms with Crippen molar-refractivity contribution in [3.63, 3.8) is 0 Å². The van der Waals surface area contributed by atoms with Crippen molar-refractivity contribution in [1.29, 1.82) is 0 Å². The Labute approximate surface area is 130 Å². The second-order valence-electron chi connectivity index (χ2n) is 4.71. The fraction of sp³-hybridized carbons (Fsp3) is 0.133. The highest BCUT2D eigenvalue weighted by Crippen LogP contribution is 2.38. The summed E-state index contributed by atoms with van der Waals surface area (Å²) in [6.07, 6.45) is 0. The molecule has 0 spiro atoms. The minimum absolute atomic E-state index is 0.0719. The Morgan fingerprint density at radius 2 is 1.85 bits per heavy atom. The average molecular weight is 352 g/mol. The molecule has 102 valence electrons. The first-order valence-electron chi connectivity index (χ1n) is 6.17. The summed E-state index contributed by atoms with van der Waals surface area (Å²) in [5, 5.41) is 0.643. The van der Waals surface area contributed by atoms with Gasteiger partial charge in [0.2, 0.25) is 5.91 Å². The van der Waals surface area contributed by atoms with Gasteiger partial charge in [-0.15, -0.1) is 0 Å². The molecule has 1 fully saturated rings. The molecule has 3 rings (SSSR count). The molecular formula is C15H12BrClN2O. The first-order chi connectivity index (χ1) is 9.58. The van der Waals surface area contributed by atoms with E-state index in [2.05, 4.69) is 15.9 Å². The number of hydrogen-bond donors (Lipinski definition) is 1. The Kier molecular flexibility index (Phi) is 3.54. The van der Waals surface area contributed by atoms with Gasteiger partial charge in [-0.2, -0.15) is 0 Å². The van der Waals surface area contributed by atoms with Gasteiger partial charge >= 0.3 is 0 Å². The van der Waals surface area contributed by atoms with Gasteiger partial charge < -0.3 is 10.6 Å². The summed E-state index contributed by atoms with van der Waals surface area (Å²) in [5.74, 6) is -0.0719. The van der Waals surface area contributed by atoms with E-state index in [1.165, 1.54) is 0 Å². The van der Waals surface area contributed by atoms with Crippen LogP contribution in [0.5, 0.6) is 0 Å². The highest BCUT2D eigenvalue weighted by atomic mass is 79.9. The van der Waals surface area contributed by atoms with Crippen LogP contribution < -0.4 is 10.6 Å². The van der Waals surface area contributed by atoms with Crippen LogP contribution >= 0.6 is 27.5 Å². The summed E-state index contributed by atoms with van der Waals surface area (Å²) in [4.78, 5) is 13.8. The van der Waals surface area contributed by atoms with Crippen LogP contribution in [0.2, 0.25) is 5.02 Å². The van der Waals surface area contributed by atoms with Gasteiger partial charge in [-0.3, -0.25) is 4.79 Å². The second kappa shape index (κ2) is 5.20. The molecule has 3 nitrogen and oxygen atoms in total. The van der Waals surface area contributed by atoms with E-state index in [0.29, 0.717) is 5.02 Å². The molecule has 2 atom stereocenters. The molecule has 0 saturated carbocycles. The first kappa shape index (κ1) is 13.6. The van der Waals surface area contributed by atoms with Crippen molar-refractivity contribution in [1.82, 2.24) is 0 Å². The number of β-lactam (4-membered cyclic amide) rings is 1. The maximum atomic E-state index is 12.1. The van der Waals surface area contributed by atoms with Crippen molar-refractivity contribution in [2.45, 2.75) is 12.1 Å². The lowest BCUT2D eigenvalue weighted by atomic mass is 9.88. The van der Waals surface area contributed by atoms with E-state index in [-0.39, 0.29) is 11.9 Å². The predicted octanol–water partition coefficient (Wildman–Crippen LogP) is 3.52. The number of amides is 1. The Hall–Kier alpha value is -1.36. The van der Waals surface area contributed by atoms with E-state index in [4.69, 9.17) is 17.3 Å². The van der Waals surface area contributed by atoms with E-state index < -0.39 is 6.04 Å². The van der Waals surface area contributed by atoms with Gasteiger partial charge in [0.05, 0.1) is 6.04 Å². The first-order valence-corrected chi connectivity index (χ1v) is 7.35. The maximum Gasteiger partial charge on any atom is 0.247 e. The van der Waals surface area contributed by atoms with E-state index in [0.717, 1.165) is 15.7 Å². The molecule has 1 aliphatic heterocycles. The summed E-state index contributed by atoms with van der Waals surface area (Å²) >= 11 is 9.40. The highest BCUT2D eigenvalue weighted by Gasteiger charge is 2.46. The number of halogens is 2. The van der Waals surface area contributed by atoms with Gasteiger partial charge in [-0.1, -0.05) is 39.7 Å². The summed E-state index contributed by atoms with van der Waals surface area (Å²) in [5.41, 5.74) is 7.75. The van der Waals surface area contributed by atoms with Crippen LogP contribution in [-0.2, 0) is 4.79 Å². The van der Waals surface area contributed by atoms with Crippen LogP contribution in [0, 0.1) is 0 Å². The number of carbonyl (C=O) groups excluding carboxylic acids is 1. The number of nitrogens with two attached hydrogens (primary N) is 1.